The van der Waals surface area contributed by atoms with Crippen molar-refractivity contribution in [1.82, 2.24) is 9.88 Å². The highest BCUT2D eigenvalue weighted by Gasteiger charge is 2.35. The number of para-hydroxylation sites is 1. The second kappa shape index (κ2) is 7.24. The third-order valence-corrected chi connectivity index (χ3v) is 6.02. The Kier molecular flexibility index (Phi) is 4.88. The lowest BCUT2D eigenvalue weighted by molar-refractivity contribution is -0.122. The predicted octanol–water partition coefficient (Wildman–Crippen LogP) is 4.39. The number of carbonyl (C=O) groups is 2. The van der Waals surface area contributed by atoms with Crippen molar-refractivity contribution in [2.75, 3.05) is 4.90 Å². The van der Waals surface area contributed by atoms with Crippen LogP contribution in [-0.2, 0) is 16.6 Å². The molecule has 1 aliphatic heterocycles. The van der Waals surface area contributed by atoms with Crippen molar-refractivity contribution < 1.29 is 9.59 Å². The fourth-order valence-electron chi connectivity index (χ4n) is 3.62. The van der Waals surface area contributed by atoms with E-state index in [0.717, 1.165) is 32.2 Å². The number of aromatic nitrogens is 1. The maximum atomic E-state index is 13.3. The molecule has 1 aliphatic rings. The van der Waals surface area contributed by atoms with Gasteiger partial charge >= 0.3 is 0 Å². The number of benzene rings is 2. The molecule has 0 radical (unpaired) electrons. The summed E-state index contributed by atoms with van der Waals surface area (Å²) in [6.07, 6.45) is 1.66. The molecule has 7 heteroatoms. The average molecular weight is 468 g/mol. The smallest absolute Gasteiger partial charge is 0.270 e. The van der Waals surface area contributed by atoms with E-state index in [1.165, 1.54) is 4.90 Å². The summed E-state index contributed by atoms with van der Waals surface area (Å²) in [5.74, 6) is -0.921. The lowest BCUT2D eigenvalue weighted by Crippen LogP contribution is -2.54. The van der Waals surface area contributed by atoms with Gasteiger partial charge in [-0.1, -0.05) is 34.1 Å². The second-order valence-corrected chi connectivity index (χ2v) is 8.27. The number of carbonyl (C=O) groups excluding carboxylic acids is 2. The number of rotatable bonds is 2. The highest BCUT2D eigenvalue weighted by atomic mass is 79.9. The summed E-state index contributed by atoms with van der Waals surface area (Å²) >= 11 is 8.74. The molecular formula is C22H18BrN3O2S. The SMILES string of the molecule is Cc1cc(Br)ccc1N1C(=O)/C(=C/c2c(C)n(C)c3ccccc23)C(=O)NC1=S. The number of thiocarbonyl (C=S) groups is 1. The van der Waals surface area contributed by atoms with Crippen LogP contribution in [0.4, 0.5) is 5.69 Å². The first kappa shape index (κ1) is 19.5. The number of aryl methyl sites for hydroxylation is 2. The Morgan fingerprint density at radius 3 is 2.55 bits per heavy atom. The van der Waals surface area contributed by atoms with E-state index < -0.39 is 11.8 Å². The monoisotopic (exact) mass is 467 g/mol. The molecule has 3 aromatic rings. The Hall–Kier alpha value is -2.77. The minimum absolute atomic E-state index is 0.0559. The van der Waals surface area contributed by atoms with Gasteiger partial charge in [0.25, 0.3) is 11.8 Å². The fourth-order valence-corrected chi connectivity index (χ4v) is 4.37. The molecular weight excluding hydrogens is 450 g/mol. The number of fused-ring (bicyclic) bond motifs is 1. The Labute approximate surface area is 182 Å². The number of nitrogens with one attached hydrogen (secondary N) is 1. The molecule has 2 aromatic carbocycles. The molecule has 1 saturated heterocycles. The maximum absolute atomic E-state index is 13.3. The van der Waals surface area contributed by atoms with Crippen molar-refractivity contribution >= 4 is 67.7 Å². The van der Waals surface area contributed by atoms with E-state index in [2.05, 4.69) is 21.2 Å². The number of anilines is 1. The first-order valence-corrected chi connectivity index (χ1v) is 10.2. The third kappa shape index (κ3) is 3.20. The number of halogens is 1. The van der Waals surface area contributed by atoms with E-state index in [1.807, 2.05) is 67.9 Å². The first-order chi connectivity index (χ1) is 13.8. The van der Waals surface area contributed by atoms with Crippen molar-refractivity contribution in [2.24, 2.45) is 7.05 Å². The molecule has 29 heavy (non-hydrogen) atoms. The molecule has 0 atom stereocenters. The zero-order valence-electron chi connectivity index (χ0n) is 16.1. The van der Waals surface area contributed by atoms with E-state index in [-0.39, 0.29) is 10.7 Å². The minimum Gasteiger partial charge on any atom is -0.347 e. The van der Waals surface area contributed by atoms with Crippen LogP contribution in [0.2, 0.25) is 0 Å². The summed E-state index contributed by atoms with van der Waals surface area (Å²) in [4.78, 5) is 27.4. The molecule has 0 spiro atoms. The normalized spacial score (nSPS) is 16.1. The van der Waals surface area contributed by atoms with Gasteiger partial charge in [0.1, 0.15) is 5.57 Å². The zero-order valence-corrected chi connectivity index (χ0v) is 18.5. The largest absolute Gasteiger partial charge is 0.347 e. The number of nitrogens with zero attached hydrogens (tertiary/aromatic N) is 2. The lowest BCUT2D eigenvalue weighted by atomic mass is 10.0. The van der Waals surface area contributed by atoms with Crippen molar-refractivity contribution in [3.05, 3.63) is 69.3 Å². The van der Waals surface area contributed by atoms with Crippen LogP contribution >= 0.6 is 28.1 Å². The van der Waals surface area contributed by atoms with Gasteiger partial charge in [-0.3, -0.25) is 19.8 Å². The summed E-state index contributed by atoms with van der Waals surface area (Å²) in [5, 5.41) is 3.72. The van der Waals surface area contributed by atoms with E-state index in [1.54, 1.807) is 6.08 Å². The van der Waals surface area contributed by atoms with Crippen LogP contribution < -0.4 is 10.2 Å². The second-order valence-electron chi connectivity index (χ2n) is 6.96. The molecule has 1 fully saturated rings. The molecule has 146 valence electrons. The van der Waals surface area contributed by atoms with Gasteiger partial charge < -0.3 is 4.57 Å². The molecule has 2 heterocycles. The van der Waals surface area contributed by atoms with Crippen molar-refractivity contribution in [3.8, 4) is 0 Å². The standard InChI is InChI=1S/C22H18BrN3O2S/c1-12-10-14(23)8-9-18(12)26-21(28)17(20(27)24-22(26)29)11-16-13(2)25(3)19-7-5-4-6-15(16)19/h4-11H,1-3H3,(H,24,27,29)/b17-11+. The molecule has 1 aromatic heterocycles. The number of hydrogen-bond acceptors (Lipinski definition) is 3. The third-order valence-electron chi connectivity index (χ3n) is 5.24. The van der Waals surface area contributed by atoms with Crippen LogP contribution in [-0.4, -0.2) is 21.5 Å². The molecule has 1 N–H and O–H groups in total. The quantitative estimate of drug-likeness (QED) is 0.345. The minimum atomic E-state index is -0.488. The van der Waals surface area contributed by atoms with Crippen molar-refractivity contribution in [3.63, 3.8) is 0 Å². The van der Waals surface area contributed by atoms with Crippen LogP contribution in [0, 0.1) is 13.8 Å². The highest BCUT2D eigenvalue weighted by Crippen LogP contribution is 2.30. The molecule has 5 nitrogen and oxygen atoms in total. The highest BCUT2D eigenvalue weighted by molar-refractivity contribution is 9.10. The predicted molar refractivity (Wildman–Crippen MR) is 123 cm³/mol. The van der Waals surface area contributed by atoms with E-state index >= 15 is 0 Å². The first-order valence-electron chi connectivity index (χ1n) is 9.01. The van der Waals surface area contributed by atoms with Crippen LogP contribution in [0.15, 0.2) is 52.5 Å². The van der Waals surface area contributed by atoms with Gasteiger partial charge in [0.05, 0.1) is 5.69 Å². The zero-order chi connectivity index (χ0) is 20.9. The van der Waals surface area contributed by atoms with Crippen LogP contribution in [0.1, 0.15) is 16.8 Å². The Morgan fingerprint density at radius 1 is 1.10 bits per heavy atom. The van der Waals surface area contributed by atoms with Gasteiger partial charge in [0.15, 0.2) is 5.11 Å². The summed E-state index contributed by atoms with van der Waals surface area (Å²) in [6, 6.07) is 13.5. The van der Waals surface area contributed by atoms with Gasteiger partial charge in [-0.2, -0.15) is 0 Å². The van der Waals surface area contributed by atoms with Crippen molar-refractivity contribution in [2.45, 2.75) is 13.8 Å². The molecule has 0 saturated carbocycles. The molecule has 2 amide bonds. The summed E-state index contributed by atoms with van der Waals surface area (Å²) < 4.78 is 2.95. The van der Waals surface area contributed by atoms with Gasteiger partial charge in [-0.15, -0.1) is 0 Å². The van der Waals surface area contributed by atoms with Crippen molar-refractivity contribution in [1.29, 1.82) is 0 Å². The molecule has 0 aliphatic carbocycles. The summed E-state index contributed by atoms with van der Waals surface area (Å²) in [5.41, 5.74) is 4.42. The Balaban J connectivity index is 1.86. The maximum Gasteiger partial charge on any atom is 0.270 e. The van der Waals surface area contributed by atoms with Gasteiger partial charge in [0.2, 0.25) is 0 Å². The number of amides is 2. The average Bonchev–Trinajstić information content (AvgIpc) is 2.91. The van der Waals surface area contributed by atoms with Gasteiger partial charge in [-0.05, 0) is 62.0 Å². The lowest BCUT2D eigenvalue weighted by Gasteiger charge is -2.30. The molecule has 4 rings (SSSR count). The van der Waals surface area contributed by atoms with Crippen LogP contribution in [0.25, 0.3) is 17.0 Å². The van der Waals surface area contributed by atoms with E-state index in [4.69, 9.17) is 12.2 Å². The van der Waals surface area contributed by atoms with Crippen LogP contribution in [0.5, 0.6) is 0 Å². The fraction of sp³-hybridized carbons (Fsp3) is 0.136. The van der Waals surface area contributed by atoms with Gasteiger partial charge in [0, 0.05) is 33.7 Å². The molecule has 0 bridgehead atoms. The number of hydrogen-bond donors (Lipinski definition) is 1. The van der Waals surface area contributed by atoms with E-state index in [0.29, 0.717) is 5.69 Å². The topological polar surface area (TPSA) is 54.3 Å². The summed E-state index contributed by atoms with van der Waals surface area (Å²) in [6.45, 7) is 3.86. The molecule has 0 unspecified atom stereocenters. The Bertz CT molecular complexity index is 1240. The van der Waals surface area contributed by atoms with Gasteiger partial charge in [-0.25, -0.2) is 0 Å². The van der Waals surface area contributed by atoms with E-state index in [9.17, 15) is 9.59 Å². The Morgan fingerprint density at radius 2 is 1.83 bits per heavy atom. The van der Waals surface area contributed by atoms with Crippen LogP contribution in [0.3, 0.4) is 0 Å². The summed E-state index contributed by atoms with van der Waals surface area (Å²) in [7, 11) is 1.97.